The van der Waals surface area contributed by atoms with Gasteiger partial charge in [-0.2, -0.15) is 46.7 Å². The van der Waals surface area contributed by atoms with E-state index in [1.165, 1.54) is 46.2 Å². The molecular formula is C40H46N12Na2O10S2. The average Bonchev–Trinajstić information content (AvgIpc) is 3.26. The van der Waals surface area contributed by atoms with Gasteiger partial charge in [-0.25, -0.2) is 0 Å². The number of benzene rings is 4. The molecule has 0 aliphatic heterocycles. The Bertz CT molecular complexity index is 2600. The molecule has 0 aliphatic rings. The Balaban J connectivity index is 0.00000397. The molecule has 0 aliphatic carbocycles. The van der Waals surface area contributed by atoms with Crippen molar-refractivity contribution < 1.29 is 108 Å². The summed E-state index contributed by atoms with van der Waals surface area (Å²) >= 11 is 0. The first kappa shape index (κ1) is 53.7. The second-order valence-electron chi connectivity index (χ2n) is 13.5. The summed E-state index contributed by atoms with van der Waals surface area (Å²) in [5.41, 5.74) is 1.36. The van der Waals surface area contributed by atoms with E-state index in [1.807, 2.05) is 12.1 Å². The van der Waals surface area contributed by atoms with Crippen LogP contribution in [0.15, 0.2) is 107 Å². The van der Waals surface area contributed by atoms with Gasteiger partial charge >= 0.3 is 59.1 Å². The van der Waals surface area contributed by atoms with E-state index in [1.54, 1.807) is 48.5 Å². The van der Waals surface area contributed by atoms with Gasteiger partial charge in [0.2, 0.25) is 35.7 Å². The van der Waals surface area contributed by atoms with Crippen LogP contribution in [0.1, 0.15) is 14.0 Å². The molecule has 340 valence electrons. The van der Waals surface area contributed by atoms with Gasteiger partial charge in [0.15, 0.2) is 0 Å². The van der Waals surface area contributed by atoms with E-state index < -0.39 is 30.0 Å². The summed E-state index contributed by atoms with van der Waals surface area (Å²) in [6.07, 6.45) is 2.45. The zero-order valence-electron chi connectivity index (χ0n) is 37.8. The first-order chi connectivity index (χ1) is 30.8. The molecule has 0 radical (unpaired) electrons. The van der Waals surface area contributed by atoms with Gasteiger partial charge in [0.25, 0.3) is 20.2 Å². The van der Waals surface area contributed by atoms with E-state index in [-0.39, 0.29) is 173 Å². The zero-order chi connectivity index (χ0) is 45.7. The predicted molar refractivity (Wildman–Crippen MR) is 242 cm³/mol. The molecule has 2 heterocycles. The maximum atomic E-state index is 12.7. The third-order valence-corrected chi connectivity index (χ3v) is 10.7. The van der Waals surface area contributed by atoms with Gasteiger partial charge in [0.05, 0.1) is 26.4 Å². The molecule has 26 heteroatoms. The van der Waals surface area contributed by atoms with Gasteiger partial charge in [-0.15, -0.1) is 0 Å². The van der Waals surface area contributed by atoms with Crippen LogP contribution in [0.5, 0.6) is 0 Å². The molecule has 6 aromatic rings. The van der Waals surface area contributed by atoms with Gasteiger partial charge < -0.3 is 54.3 Å². The molecule has 0 spiro atoms. The smallest absolute Gasteiger partial charge is 1.00 e. The fraction of sp³-hybridized carbons (Fsp3) is 0.200. The summed E-state index contributed by atoms with van der Waals surface area (Å²) in [7, 11) is -9.82. The molecule has 4 aromatic carbocycles. The molecule has 0 bridgehead atoms. The third-order valence-electron chi connectivity index (χ3n) is 8.89. The van der Waals surface area contributed by atoms with Crippen LogP contribution < -0.4 is 90.2 Å². The van der Waals surface area contributed by atoms with Crippen molar-refractivity contribution in [1.82, 2.24) is 29.9 Å². The molecule has 0 saturated carbocycles. The van der Waals surface area contributed by atoms with Crippen molar-refractivity contribution in [3.63, 3.8) is 0 Å². The van der Waals surface area contributed by atoms with Crippen LogP contribution >= 0.6 is 0 Å². The van der Waals surface area contributed by atoms with Crippen LogP contribution in [0.3, 0.4) is 0 Å². The number of aliphatic hydroxyl groups is 4. The molecule has 0 atom stereocenters. The topological polar surface area (TPSA) is 322 Å². The quantitative estimate of drug-likeness (QED) is 0.0191. The Morgan fingerprint density at radius 3 is 1.05 bits per heavy atom. The van der Waals surface area contributed by atoms with E-state index in [4.69, 9.17) is 0 Å². The molecule has 0 saturated heterocycles. The van der Waals surface area contributed by atoms with Crippen LogP contribution in [0, 0.1) is 0 Å². The van der Waals surface area contributed by atoms with Gasteiger partial charge in [-0.05, 0) is 59.7 Å². The van der Waals surface area contributed by atoms with Crippen molar-refractivity contribution in [2.45, 2.75) is 9.79 Å². The Hall–Kier alpha value is -4.90. The number of aliphatic hydroxyl groups excluding tert-OH is 4. The average molecular weight is 965 g/mol. The Morgan fingerprint density at radius 2 is 0.758 bits per heavy atom. The minimum Gasteiger partial charge on any atom is -1.00 e. The van der Waals surface area contributed by atoms with Crippen LogP contribution in [0.2, 0.25) is 0 Å². The number of rotatable bonds is 22. The van der Waals surface area contributed by atoms with Gasteiger partial charge in [-0.1, -0.05) is 60.7 Å². The molecule has 2 aromatic heterocycles. The van der Waals surface area contributed by atoms with Crippen molar-refractivity contribution in [3.05, 3.63) is 108 Å². The van der Waals surface area contributed by atoms with Crippen molar-refractivity contribution in [3.8, 4) is 0 Å². The van der Waals surface area contributed by atoms with E-state index in [0.717, 1.165) is 12.1 Å². The van der Waals surface area contributed by atoms with Gasteiger partial charge in [0.1, 0.15) is 9.79 Å². The number of anilines is 10. The summed E-state index contributed by atoms with van der Waals surface area (Å²) < 4.78 is 71.5. The SMILES string of the molecule is O=S(=O)(O)c1cc(Nc2nc(Nc3ccccc3)nc(N(CCO)CCO)n2)ccc1/C=C/c1ccc(Nc2nc(Nc3ccccc3)nc(N(CCO)CCO)n2)cc1S(=O)(=O)O.[H-].[H-].[Na+].[Na+]. The summed E-state index contributed by atoms with van der Waals surface area (Å²) in [4.78, 5) is 28.3. The fourth-order valence-corrected chi connectivity index (χ4v) is 7.45. The maximum absolute atomic E-state index is 12.7. The van der Waals surface area contributed by atoms with Crippen LogP contribution in [-0.2, 0) is 20.2 Å². The van der Waals surface area contributed by atoms with Crippen LogP contribution in [0.25, 0.3) is 12.2 Å². The molecule has 66 heavy (non-hydrogen) atoms. The summed E-state index contributed by atoms with van der Waals surface area (Å²) in [6.45, 7) is -0.796. The number of hydrogen-bond acceptors (Lipinski definition) is 20. The molecule has 0 amide bonds. The van der Waals surface area contributed by atoms with Gasteiger partial charge in [-0.3, -0.25) is 9.11 Å². The Morgan fingerprint density at radius 1 is 0.455 bits per heavy atom. The molecular weight excluding hydrogens is 919 g/mol. The standard InChI is InChI=1S/C40H44N12O10S2.2Na.2H/c53-21-17-51(18-22-54)39-47-35(41-29-7-3-1-4-8-29)45-37(49-39)43-31-15-13-27(33(25-31)63(57,58)59)11-12-28-14-16-32(26-34(28)64(60,61)62)44-38-46-36(42-30-9-5-2-6-10-30)48-40(50-38)52(19-23-55)20-24-56;;;;/h1-16,25-26,53-56H,17-24H2,(H,57,58,59)(H,60,61,62)(H2,41,43,45,47,49)(H2,42,44,46,48,50);;;;/q;2*+1;2*-1/b12-11+;;;;. The van der Waals surface area contributed by atoms with E-state index in [9.17, 15) is 46.4 Å². The van der Waals surface area contributed by atoms with E-state index in [0.29, 0.717) is 11.4 Å². The number of para-hydroxylation sites is 2. The number of aromatic nitrogens is 6. The van der Waals surface area contributed by atoms with Crippen molar-refractivity contribution in [1.29, 1.82) is 0 Å². The van der Waals surface area contributed by atoms with Crippen LogP contribution in [0.4, 0.5) is 58.4 Å². The number of nitrogens with one attached hydrogen (secondary N) is 4. The molecule has 10 N–H and O–H groups in total. The maximum Gasteiger partial charge on any atom is 1.00 e. The van der Waals surface area contributed by atoms with Gasteiger partial charge in [0, 0.05) is 48.9 Å². The van der Waals surface area contributed by atoms with E-state index >= 15 is 0 Å². The second-order valence-corrected chi connectivity index (χ2v) is 16.2. The summed E-state index contributed by atoms with van der Waals surface area (Å²) in [6, 6.07) is 25.7. The molecule has 0 fully saturated rings. The van der Waals surface area contributed by atoms with Crippen LogP contribution in [-0.4, -0.2) is 129 Å². The first-order valence-corrected chi connectivity index (χ1v) is 22.2. The predicted octanol–water partition coefficient (Wildman–Crippen LogP) is -2.49. The number of nitrogens with zero attached hydrogens (tertiary/aromatic N) is 8. The summed E-state index contributed by atoms with van der Waals surface area (Å²) in [5, 5.41) is 50.4. The Labute approximate surface area is 427 Å². The summed E-state index contributed by atoms with van der Waals surface area (Å²) in [5.74, 6) is 0.187. The largest absolute Gasteiger partial charge is 1.00 e. The monoisotopic (exact) mass is 964 g/mol. The molecule has 22 nitrogen and oxygen atoms in total. The third kappa shape index (κ3) is 15.3. The normalized spacial score (nSPS) is 11.3. The minimum absolute atomic E-state index is 0. The minimum atomic E-state index is -4.91. The number of hydrogen-bond donors (Lipinski definition) is 10. The Kier molecular flexibility index (Phi) is 20.6. The second kappa shape index (κ2) is 25.3. The van der Waals surface area contributed by atoms with Crippen molar-refractivity contribution in [2.75, 3.05) is 83.7 Å². The first-order valence-electron chi connectivity index (χ1n) is 19.3. The molecule has 0 unspecified atom stereocenters. The fourth-order valence-electron chi connectivity index (χ4n) is 6.03. The van der Waals surface area contributed by atoms with E-state index in [2.05, 4.69) is 51.2 Å². The van der Waals surface area contributed by atoms with Crippen molar-refractivity contribution >= 4 is 90.8 Å². The zero-order valence-corrected chi connectivity index (χ0v) is 41.4. The molecule has 6 rings (SSSR count). The van der Waals surface area contributed by atoms with Crippen molar-refractivity contribution in [2.24, 2.45) is 0 Å².